The molecule has 0 radical (unpaired) electrons. The van der Waals surface area contributed by atoms with Gasteiger partial charge in [0, 0.05) is 5.56 Å². The summed E-state index contributed by atoms with van der Waals surface area (Å²) >= 11 is 0. The topological polar surface area (TPSA) is 52.6 Å². The quantitative estimate of drug-likeness (QED) is 0.353. The number of benzene rings is 2. The summed E-state index contributed by atoms with van der Waals surface area (Å²) in [4.78, 5) is 23.2. The van der Waals surface area contributed by atoms with Crippen LogP contribution in [0.4, 0.5) is 0 Å². The van der Waals surface area contributed by atoms with E-state index in [9.17, 15) is 9.59 Å². The van der Waals surface area contributed by atoms with Crippen molar-refractivity contribution in [2.75, 3.05) is 6.61 Å². The van der Waals surface area contributed by atoms with Gasteiger partial charge in [-0.25, -0.2) is 4.79 Å². The lowest BCUT2D eigenvalue weighted by Gasteiger charge is -2.06. The molecule has 0 heterocycles. The van der Waals surface area contributed by atoms with E-state index in [0.29, 0.717) is 29.2 Å². The molecule has 0 aromatic heterocycles. The molecule has 2 aromatic carbocycles. The molecule has 0 spiro atoms. The summed E-state index contributed by atoms with van der Waals surface area (Å²) in [5.41, 5.74) is 0.991. The molecule has 0 saturated carbocycles. The average molecular weight is 296 g/mol. The fourth-order valence-electron chi connectivity index (χ4n) is 1.77. The van der Waals surface area contributed by atoms with Crippen LogP contribution < -0.4 is 9.47 Å². The first-order valence-electron chi connectivity index (χ1n) is 6.77. The minimum Gasteiger partial charge on any atom is -0.490 e. The first-order valence-corrected chi connectivity index (χ1v) is 6.77. The summed E-state index contributed by atoms with van der Waals surface area (Å²) in [5, 5.41) is 0. The predicted octanol–water partition coefficient (Wildman–Crippen LogP) is 3.67. The molecule has 0 aliphatic carbocycles. The summed E-state index contributed by atoms with van der Waals surface area (Å²) in [6, 6.07) is 13.1. The van der Waals surface area contributed by atoms with Gasteiger partial charge in [-0.1, -0.05) is 12.7 Å². The maximum absolute atomic E-state index is 12.0. The van der Waals surface area contributed by atoms with Gasteiger partial charge >= 0.3 is 5.97 Å². The van der Waals surface area contributed by atoms with Crippen LogP contribution in [0.2, 0.25) is 0 Å². The minimum absolute atomic E-state index is 0.0343. The van der Waals surface area contributed by atoms with Crippen LogP contribution in [0.15, 0.2) is 61.2 Å². The Bertz CT molecular complexity index is 669. The molecule has 0 N–H and O–H groups in total. The largest absolute Gasteiger partial charge is 0.490 e. The van der Waals surface area contributed by atoms with Gasteiger partial charge in [-0.2, -0.15) is 0 Å². The Labute approximate surface area is 129 Å². The number of hydrogen-bond acceptors (Lipinski definition) is 4. The SMILES string of the molecule is C=CCOc1ccc(C(=O)Oc2ccc(C(C)=O)cc2)cc1. The van der Waals surface area contributed by atoms with E-state index < -0.39 is 5.97 Å². The van der Waals surface area contributed by atoms with Crippen molar-refractivity contribution >= 4 is 11.8 Å². The number of ketones is 1. The zero-order valence-electron chi connectivity index (χ0n) is 12.2. The van der Waals surface area contributed by atoms with Crippen LogP contribution in [0, 0.1) is 0 Å². The lowest BCUT2D eigenvalue weighted by atomic mass is 10.1. The van der Waals surface area contributed by atoms with E-state index in [-0.39, 0.29) is 5.78 Å². The van der Waals surface area contributed by atoms with Crippen LogP contribution in [0.3, 0.4) is 0 Å². The zero-order valence-corrected chi connectivity index (χ0v) is 12.2. The monoisotopic (exact) mass is 296 g/mol. The zero-order chi connectivity index (χ0) is 15.9. The maximum Gasteiger partial charge on any atom is 0.343 e. The van der Waals surface area contributed by atoms with E-state index in [0.717, 1.165) is 0 Å². The van der Waals surface area contributed by atoms with Crippen molar-refractivity contribution < 1.29 is 19.1 Å². The minimum atomic E-state index is -0.467. The Hall–Kier alpha value is -2.88. The normalized spacial score (nSPS) is 9.86. The summed E-state index contributed by atoms with van der Waals surface area (Å²) in [7, 11) is 0. The second kappa shape index (κ2) is 7.22. The fourth-order valence-corrected chi connectivity index (χ4v) is 1.77. The van der Waals surface area contributed by atoms with Crippen LogP contribution in [0.5, 0.6) is 11.5 Å². The van der Waals surface area contributed by atoms with Crippen molar-refractivity contribution in [3.05, 3.63) is 72.3 Å². The van der Waals surface area contributed by atoms with Crippen LogP contribution in [0.1, 0.15) is 27.6 Å². The predicted molar refractivity (Wildman–Crippen MR) is 83.5 cm³/mol. The molecule has 22 heavy (non-hydrogen) atoms. The standard InChI is InChI=1S/C18H16O4/c1-3-12-21-16-8-6-15(7-9-16)18(20)22-17-10-4-14(5-11-17)13(2)19/h3-11H,1,12H2,2H3. The molecule has 0 amide bonds. The summed E-state index contributed by atoms with van der Waals surface area (Å²) in [5.74, 6) is 0.545. The number of ether oxygens (including phenoxy) is 2. The molecule has 4 heteroatoms. The summed E-state index contributed by atoms with van der Waals surface area (Å²) < 4.78 is 10.6. The Morgan fingerprint density at radius 3 is 2.05 bits per heavy atom. The van der Waals surface area contributed by atoms with Crippen LogP contribution in [-0.4, -0.2) is 18.4 Å². The molecule has 0 aliphatic heterocycles. The Kier molecular flexibility index (Phi) is 5.09. The molecule has 0 aliphatic rings. The van der Waals surface area contributed by atoms with Gasteiger partial charge in [-0.05, 0) is 55.5 Å². The van der Waals surface area contributed by atoms with Gasteiger partial charge in [-0.15, -0.1) is 0 Å². The summed E-state index contributed by atoms with van der Waals surface area (Å²) in [6.07, 6.45) is 1.65. The molecule has 0 unspecified atom stereocenters. The van der Waals surface area contributed by atoms with E-state index in [1.54, 1.807) is 54.6 Å². The van der Waals surface area contributed by atoms with Gasteiger partial charge in [0.15, 0.2) is 5.78 Å². The number of rotatable bonds is 6. The molecule has 0 bridgehead atoms. The van der Waals surface area contributed by atoms with Gasteiger partial charge in [-0.3, -0.25) is 4.79 Å². The molecule has 2 aromatic rings. The Balaban J connectivity index is 2.02. The van der Waals surface area contributed by atoms with Crippen molar-refractivity contribution in [2.45, 2.75) is 6.92 Å². The van der Waals surface area contributed by atoms with Gasteiger partial charge in [0.25, 0.3) is 0 Å². The van der Waals surface area contributed by atoms with Gasteiger partial charge in [0.1, 0.15) is 18.1 Å². The number of esters is 1. The summed E-state index contributed by atoms with van der Waals surface area (Å²) in [6.45, 7) is 5.46. The number of carbonyl (C=O) groups excluding carboxylic acids is 2. The molecular weight excluding hydrogens is 280 g/mol. The second-order valence-corrected chi connectivity index (χ2v) is 4.59. The maximum atomic E-state index is 12.0. The highest BCUT2D eigenvalue weighted by Gasteiger charge is 2.09. The van der Waals surface area contributed by atoms with E-state index >= 15 is 0 Å². The van der Waals surface area contributed by atoms with Crippen molar-refractivity contribution in [2.24, 2.45) is 0 Å². The highest BCUT2D eigenvalue weighted by molar-refractivity contribution is 5.94. The third-order valence-corrected chi connectivity index (χ3v) is 2.93. The second-order valence-electron chi connectivity index (χ2n) is 4.59. The lowest BCUT2D eigenvalue weighted by Crippen LogP contribution is -2.08. The molecular formula is C18H16O4. The third-order valence-electron chi connectivity index (χ3n) is 2.93. The Morgan fingerprint density at radius 2 is 1.50 bits per heavy atom. The molecule has 4 nitrogen and oxygen atoms in total. The van der Waals surface area contributed by atoms with Gasteiger partial charge in [0.2, 0.25) is 0 Å². The van der Waals surface area contributed by atoms with Crippen molar-refractivity contribution in [1.82, 2.24) is 0 Å². The number of hydrogen-bond donors (Lipinski definition) is 0. The van der Waals surface area contributed by atoms with Crippen LogP contribution in [0.25, 0.3) is 0 Å². The van der Waals surface area contributed by atoms with E-state index in [4.69, 9.17) is 9.47 Å². The van der Waals surface area contributed by atoms with Crippen molar-refractivity contribution in [3.8, 4) is 11.5 Å². The highest BCUT2D eigenvalue weighted by Crippen LogP contribution is 2.17. The molecule has 0 saturated heterocycles. The van der Waals surface area contributed by atoms with Crippen molar-refractivity contribution in [1.29, 1.82) is 0 Å². The lowest BCUT2D eigenvalue weighted by molar-refractivity contribution is 0.0734. The molecule has 0 atom stereocenters. The molecule has 2 rings (SSSR count). The molecule has 0 fully saturated rings. The fraction of sp³-hybridized carbons (Fsp3) is 0.111. The third kappa shape index (κ3) is 4.06. The Morgan fingerprint density at radius 1 is 0.955 bits per heavy atom. The van der Waals surface area contributed by atoms with Gasteiger partial charge in [0.05, 0.1) is 5.56 Å². The van der Waals surface area contributed by atoms with E-state index in [1.165, 1.54) is 6.92 Å². The number of Topliss-reactive ketones (excluding diaryl/α,β-unsaturated/α-hetero) is 1. The smallest absolute Gasteiger partial charge is 0.343 e. The van der Waals surface area contributed by atoms with E-state index in [1.807, 2.05) is 0 Å². The van der Waals surface area contributed by atoms with Crippen LogP contribution in [-0.2, 0) is 0 Å². The number of carbonyl (C=O) groups is 2. The van der Waals surface area contributed by atoms with Crippen LogP contribution >= 0.6 is 0 Å². The van der Waals surface area contributed by atoms with Gasteiger partial charge < -0.3 is 9.47 Å². The van der Waals surface area contributed by atoms with Crippen molar-refractivity contribution in [3.63, 3.8) is 0 Å². The first-order chi connectivity index (χ1) is 10.6. The average Bonchev–Trinajstić information content (AvgIpc) is 2.54. The molecule has 112 valence electrons. The highest BCUT2D eigenvalue weighted by atomic mass is 16.5. The van der Waals surface area contributed by atoms with E-state index in [2.05, 4.69) is 6.58 Å². The first kappa shape index (κ1) is 15.5.